The van der Waals surface area contributed by atoms with E-state index in [1.807, 2.05) is 0 Å². The third-order valence-electron chi connectivity index (χ3n) is 4.35. The average Bonchev–Trinajstić information content (AvgIpc) is 3.13. The maximum Gasteiger partial charge on any atom is 0.0469 e. The third kappa shape index (κ3) is 2.78. The van der Waals surface area contributed by atoms with Gasteiger partial charge in [-0.25, -0.2) is 0 Å². The molecule has 0 aromatic carbocycles. The molecule has 0 bridgehead atoms. The van der Waals surface area contributed by atoms with E-state index in [4.69, 9.17) is 4.74 Å². The zero-order chi connectivity index (χ0) is 12.4. The van der Waals surface area contributed by atoms with Crippen molar-refractivity contribution in [1.29, 1.82) is 0 Å². The molecule has 0 spiro atoms. The highest BCUT2D eigenvalue weighted by Crippen LogP contribution is 2.40. The van der Waals surface area contributed by atoms with Crippen LogP contribution in [-0.2, 0) is 11.3 Å². The summed E-state index contributed by atoms with van der Waals surface area (Å²) in [5.41, 5.74) is 1.46. The smallest absolute Gasteiger partial charge is 0.0469 e. The Morgan fingerprint density at radius 2 is 2.11 bits per heavy atom. The Morgan fingerprint density at radius 3 is 2.78 bits per heavy atom. The van der Waals surface area contributed by atoms with Crippen LogP contribution in [0.1, 0.15) is 37.3 Å². The van der Waals surface area contributed by atoms with Crippen LogP contribution < -0.4 is 5.32 Å². The van der Waals surface area contributed by atoms with Gasteiger partial charge < -0.3 is 14.6 Å². The summed E-state index contributed by atoms with van der Waals surface area (Å²) in [4.78, 5) is 0. The molecule has 1 aliphatic carbocycles. The molecule has 3 rings (SSSR count). The van der Waals surface area contributed by atoms with Crippen molar-refractivity contribution in [2.24, 2.45) is 11.8 Å². The van der Waals surface area contributed by atoms with Gasteiger partial charge in [-0.2, -0.15) is 0 Å². The zero-order valence-corrected chi connectivity index (χ0v) is 11.3. The van der Waals surface area contributed by atoms with Crippen molar-refractivity contribution in [3.8, 4) is 0 Å². The molecule has 3 heteroatoms. The van der Waals surface area contributed by atoms with Crippen LogP contribution >= 0.6 is 0 Å². The molecular weight excluding hydrogens is 224 g/mol. The number of ether oxygens (including phenoxy) is 1. The number of nitrogens with zero attached hydrogens (tertiary/aromatic N) is 1. The van der Waals surface area contributed by atoms with E-state index in [1.165, 1.54) is 31.2 Å². The molecule has 2 aliphatic rings. The number of hydrogen-bond acceptors (Lipinski definition) is 2. The van der Waals surface area contributed by atoms with E-state index in [9.17, 15) is 0 Å². The van der Waals surface area contributed by atoms with Gasteiger partial charge in [0.1, 0.15) is 0 Å². The molecule has 0 amide bonds. The van der Waals surface area contributed by atoms with Crippen molar-refractivity contribution in [2.45, 2.75) is 38.3 Å². The van der Waals surface area contributed by atoms with Gasteiger partial charge in [-0.1, -0.05) is 0 Å². The second-order valence-corrected chi connectivity index (χ2v) is 5.80. The highest BCUT2D eigenvalue weighted by Gasteiger charge is 2.31. The van der Waals surface area contributed by atoms with Gasteiger partial charge in [-0.05, 0) is 56.2 Å². The first-order valence-corrected chi connectivity index (χ1v) is 7.27. The van der Waals surface area contributed by atoms with E-state index in [1.54, 1.807) is 0 Å². The summed E-state index contributed by atoms with van der Waals surface area (Å²) < 4.78 is 7.79. The first kappa shape index (κ1) is 12.2. The fraction of sp³-hybridized carbons (Fsp3) is 0.733. The molecule has 1 aliphatic heterocycles. The van der Waals surface area contributed by atoms with Crippen LogP contribution in [0.15, 0.2) is 18.5 Å². The second-order valence-electron chi connectivity index (χ2n) is 5.80. The maximum atomic E-state index is 5.42. The van der Waals surface area contributed by atoms with E-state index in [0.717, 1.165) is 31.6 Å². The summed E-state index contributed by atoms with van der Waals surface area (Å²) in [5, 5.41) is 3.46. The SMILES string of the molecule is CNC(c1ccn(CC2CCOCC2)c1)C1CC1. The topological polar surface area (TPSA) is 26.2 Å². The monoisotopic (exact) mass is 248 g/mol. The van der Waals surface area contributed by atoms with Gasteiger partial charge >= 0.3 is 0 Å². The highest BCUT2D eigenvalue weighted by molar-refractivity contribution is 5.18. The normalized spacial score (nSPS) is 23.2. The van der Waals surface area contributed by atoms with Gasteiger partial charge in [-0.15, -0.1) is 0 Å². The molecule has 1 saturated carbocycles. The lowest BCUT2D eigenvalue weighted by Gasteiger charge is -2.22. The van der Waals surface area contributed by atoms with Crippen molar-refractivity contribution in [3.05, 3.63) is 24.0 Å². The minimum Gasteiger partial charge on any atom is -0.381 e. The molecule has 1 aromatic heterocycles. The number of nitrogens with one attached hydrogen (secondary N) is 1. The van der Waals surface area contributed by atoms with Crippen molar-refractivity contribution in [1.82, 2.24) is 9.88 Å². The summed E-state index contributed by atoms with van der Waals surface area (Å²) in [5.74, 6) is 1.67. The fourth-order valence-corrected chi connectivity index (χ4v) is 3.09. The van der Waals surface area contributed by atoms with Crippen molar-refractivity contribution < 1.29 is 4.74 Å². The summed E-state index contributed by atoms with van der Waals surface area (Å²) in [6.45, 7) is 3.05. The molecule has 1 unspecified atom stereocenters. The van der Waals surface area contributed by atoms with Crippen LogP contribution in [-0.4, -0.2) is 24.8 Å². The first-order valence-electron chi connectivity index (χ1n) is 7.27. The van der Waals surface area contributed by atoms with E-state index >= 15 is 0 Å². The van der Waals surface area contributed by atoms with Crippen molar-refractivity contribution >= 4 is 0 Å². The molecule has 2 fully saturated rings. The van der Waals surface area contributed by atoms with E-state index in [0.29, 0.717) is 6.04 Å². The van der Waals surface area contributed by atoms with Crippen molar-refractivity contribution in [3.63, 3.8) is 0 Å². The number of aromatic nitrogens is 1. The van der Waals surface area contributed by atoms with Crippen LogP contribution in [0.3, 0.4) is 0 Å². The lowest BCUT2D eigenvalue weighted by molar-refractivity contribution is 0.0613. The van der Waals surface area contributed by atoms with Gasteiger partial charge in [0, 0.05) is 38.2 Å². The van der Waals surface area contributed by atoms with Gasteiger partial charge in [-0.3, -0.25) is 0 Å². The molecule has 2 heterocycles. The predicted molar refractivity (Wildman–Crippen MR) is 72.5 cm³/mol. The first-order chi connectivity index (χ1) is 8.86. The molecule has 1 saturated heterocycles. The quantitative estimate of drug-likeness (QED) is 0.867. The zero-order valence-electron chi connectivity index (χ0n) is 11.3. The molecule has 100 valence electrons. The third-order valence-corrected chi connectivity index (χ3v) is 4.35. The molecular formula is C15H24N2O. The minimum absolute atomic E-state index is 0.570. The number of hydrogen-bond donors (Lipinski definition) is 1. The molecule has 3 nitrogen and oxygen atoms in total. The van der Waals surface area contributed by atoms with Crippen LogP contribution in [0.2, 0.25) is 0 Å². The Kier molecular flexibility index (Phi) is 3.71. The van der Waals surface area contributed by atoms with Crippen LogP contribution in [0, 0.1) is 11.8 Å². The Labute approximate surface area is 110 Å². The Bertz CT molecular complexity index is 378. The van der Waals surface area contributed by atoms with Crippen LogP contribution in [0.4, 0.5) is 0 Å². The van der Waals surface area contributed by atoms with Crippen molar-refractivity contribution in [2.75, 3.05) is 20.3 Å². The Hall–Kier alpha value is -0.800. The fourth-order valence-electron chi connectivity index (χ4n) is 3.09. The summed E-state index contributed by atoms with van der Waals surface area (Å²) in [7, 11) is 2.08. The summed E-state index contributed by atoms with van der Waals surface area (Å²) >= 11 is 0. The molecule has 1 aromatic rings. The number of rotatable bonds is 5. The summed E-state index contributed by atoms with van der Waals surface area (Å²) in [6.07, 6.45) is 9.79. The van der Waals surface area contributed by atoms with Crippen LogP contribution in [0.25, 0.3) is 0 Å². The lowest BCUT2D eigenvalue weighted by Crippen LogP contribution is -2.20. The minimum atomic E-state index is 0.570. The van der Waals surface area contributed by atoms with Gasteiger partial charge in [0.15, 0.2) is 0 Å². The molecule has 18 heavy (non-hydrogen) atoms. The van der Waals surface area contributed by atoms with Gasteiger partial charge in [0.2, 0.25) is 0 Å². The molecule has 0 radical (unpaired) electrons. The van der Waals surface area contributed by atoms with Gasteiger partial charge in [0.25, 0.3) is 0 Å². The average molecular weight is 248 g/mol. The Morgan fingerprint density at radius 1 is 1.33 bits per heavy atom. The highest BCUT2D eigenvalue weighted by atomic mass is 16.5. The predicted octanol–water partition coefficient (Wildman–Crippen LogP) is 2.59. The van der Waals surface area contributed by atoms with E-state index in [-0.39, 0.29) is 0 Å². The molecule has 1 atom stereocenters. The van der Waals surface area contributed by atoms with Gasteiger partial charge in [0.05, 0.1) is 0 Å². The summed E-state index contributed by atoms with van der Waals surface area (Å²) in [6, 6.07) is 2.86. The van der Waals surface area contributed by atoms with E-state index in [2.05, 4.69) is 35.4 Å². The standard InChI is InChI=1S/C15H24N2O/c1-16-15(13-2-3-13)14-4-7-17(11-14)10-12-5-8-18-9-6-12/h4,7,11-13,15-16H,2-3,5-6,8-10H2,1H3. The maximum absolute atomic E-state index is 5.42. The van der Waals surface area contributed by atoms with E-state index < -0.39 is 0 Å². The largest absolute Gasteiger partial charge is 0.381 e. The Balaban J connectivity index is 1.61. The molecule has 1 N–H and O–H groups in total. The lowest BCUT2D eigenvalue weighted by atomic mass is 10.0. The van der Waals surface area contributed by atoms with Crippen LogP contribution in [0.5, 0.6) is 0 Å². The second kappa shape index (κ2) is 5.45.